The summed E-state index contributed by atoms with van der Waals surface area (Å²) in [5.41, 5.74) is 8.35. The van der Waals surface area contributed by atoms with Crippen molar-refractivity contribution in [3.8, 4) is 11.1 Å². The first-order valence-corrected chi connectivity index (χ1v) is 41.5. The maximum Gasteiger partial charge on any atom is 0.407 e. The number of carbonyl (C=O) groups excluding carboxylic acids is 9. The van der Waals surface area contributed by atoms with Gasteiger partial charge in [-0.25, -0.2) is 9.59 Å². The number of nitrogens with one attached hydrogen (secondary N) is 10. The molecule has 2 aliphatic rings. The van der Waals surface area contributed by atoms with Gasteiger partial charge in [0.15, 0.2) is 0 Å². The van der Waals surface area contributed by atoms with E-state index in [1.807, 2.05) is 91.8 Å². The number of alkyl carbamates (subject to hydrolysis) is 1. The summed E-state index contributed by atoms with van der Waals surface area (Å²) in [6.07, 6.45) is 5.95. The van der Waals surface area contributed by atoms with Crippen LogP contribution < -0.4 is 58.1 Å². The molecule has 0 bridgehead atoms. The molecule has 0 radical (unpaired) electrons. The summed E-state index contributed by atoms with van der Waals surface area (Å²) in [5.74, 6) is -5.27. The Morgan fingerprint density at radius 1 is 0.496 bits per heavy atom. The second-order valence-electron chi connectivity index (χ2n) is 29.0. The number of amides is 9. The lowest BCUT2D eigenvalue weighted by atomic mass is 9.84. The zero-order valence-corrected chi connectivity index (χ0v) is 67.8. The van der Waals surface area contributed by atoms with Gasteiger partial charge in [0.1, 0.15) is 42.8 Å². The van der Waals surface area contributed by atoms with Gasteiger partial charge >= 0.3 is 12.1 Å². The molecule has 0 aromatic heterocycles. The van der Waals surface area contributed by atoms with Crippen LogP contribution in [0.1, 0.15) is 127 Å². The second-order valence-corrected chi connectivity index (χ2v) is 30.4. The molecule has 0 unspecified atom stereocenters. The highest BCUT2D eigenvalue weighted by molar-refractivity contribution is 7.86. The van der Waals surface area contributed by atoms with Crippen LogP contribution in [0.3, 0.4) is 0 Å². The third kappa shape index (κ3) is 30.6. The zero-order valence-electron chi connectivity index (χ0n) is 67.0. The summed E-state index contributed by atoms with van der Waals surface area (Å²) in [4.78, 5) is 132. The van der Waals surface area contributed by atoms with Crippen molar-refractivity contribution in [1.82, 2.24) is 47.9 Å². The van der Waals surface area contributed by atoms with Crippen LogP contribution in [0.2, 0.25) is 0 Å². The van der Waals surface area contributed by atoms with E-state index in [2.05, 4.69) is 63.4 Å². The van der Waals surface area contributed by atoms with E-state index in [4.69, 9.17) is 23.7 Å². The Morgan fingerprint density at radius 2 is 1.07 bits per heavy atom. The number of anilines is 2. The highest BCUT2D eigenvalue weighted by Crippen LogP contribution is 2.44. The van der Waals surface area contributed by atoms with Crippen molar-refractivity contribution in [2.45, 2.75) is 119 Å². The number of fused-ring (bicyclic) bond motifs is 4. The largest absolute Gasteiger partial charge is 0.480 e. The average Bonchev–Trinajstić information content (AvgIpc) is 1.64. The van der Waals surface area contributed by atoms with Crippen LogP contribution in [0.25, 0.3) is 21.9 Å². The minimum atomic E-state index is -4.47. The van der Waals surface area contributed by atoms with Crippen molar-refractivity contribution in [3.63, 3.8) is 0 Å². The molecule has 9 rings (SSSR count). The van der Waals surface area contributed by atoms with E-state index in [-0.39, 0.29) is 119 Å². The molecular formula is C86H107N13O19S. The molecule has 12 N–H and O–H groups in total. The second kappa shape index (κ2) is 48.2. The molecule has 9 amide bonds. The highest BCUT2D eigenvalue weighted by atomic mass is 32.2. The lowest BCUT2D eigenvalue weighted by molar-refractivity contribution is -0.142. The molecule has 0 heterocycles. The average molecular weight is 1660 g/mol. The molecule has 32 nitrogen and oxygen atoms in total. The fourth-order valence-corrected chi connectivity index (χ4v) is 14.4. The van der Waals surface area contributed by atoms with Crippen LogP contribution in [0.4, 0.5) is 27.5 Å². The van der Waals surface area contributed by atoms with E-state index in [1.54, 1.807) is 72.8 Å². The number of nitrogens with zero attached hydrogens (tertiary/aromatic N) is 3. The molecule has 0 spiro atoms. The predicted molar refractivity (Wildman–Crippen MR) is 446 cm³/mol. The molecule has 1 fully saturated rings. The van der Waals surface area contributed by atoms with Crippen LogP contribution in [-0.2, 0) is 73.9 Å². The number of ether oxygens (including phenoxy) is 5. The summed E-state index contributed by atoms with van der Waals surface area (Å²) in [5, 5.41) is 46.9. The van der Waals surface area contributed by atoms with Crippen LogP contribution >= 0.6 is 0 Å². The number of carboxylic acid groups (broad SMARTS) is 1. The van der Waals surface area contributed by atoms with Crippen molar-refractivity contribution in [2.75, 3.05) is 123 Å². The summed E-state index contributed by atoms with van der Waals surface area (Å²) in [6.45, 7) is 1.83. The fraction of sp³-hybridized carbons (Fsp3) is 0.419. The maximum atomic E-state index is 13.7. The van der Waals surface area contributed by atoms with E-state index in [9.17, 15) is 66.0 Å². The number of hydrogen-bond acceptors (Lipinski definition) is 21. The van der Waals surface area contributed by atoms with Crippen molar-refractivity contribution >= 4 is 103 Å². The van der Waals surface area contributed by atoms with Gasteiger partial charge < -0.3 is 86.9 Å². The molecule has 119 heavy (non-hydrogen) atoms. The third-order valence-electron chi connectivity index (χ3n) is 20.0. The summed E-state index contributed by atoms with van der Waals surface area (Å²) < 4.78 is 61.6. The lowest BCUT2D eigenvalue weighted by Gasteiger charge is -2.26. The molecule has 1 saturated carbocycles. The monoisotopic (exact) mass is 1660 g/mol. The maximum absolute atomic E-state index is 13.7. The third-order valence-corrected chi connectivity index (χ3v) is 20.9. The van der Waals surface area contributed by atoms with Gasteiger partial charge in [-0.2, -0.15) is 18.6 Å². The van der Waals surface area contributed by atoms with Gasteiger partial charge in [0.05, 0.1) is 44.3 Å². The first kappa shape index (κ1) is 91.2. The zero-order chi connectivity index (χ0) is 84.7. The minimum absolute atomic E-state index is 0.0187. The van der Waals surface area contributed by atoms with Gasteiger partial charge in [-0.05, 0) is 151 Å². The standard InChI is InChI=1S/C86H107N13O19S/c1-99(2)64-37-35-63(36-38-64)98-97-62-33-31-60(32-34-62)81(104)90-41-11-10-24-74(85(108)109)94-78(101)54-93-84(107)75(52-58-16-4-3-5-17-58)95-82(105)61-29-27-59(28-30-61)53-92-80(103)57-117-56-79(102)88-42-14-46-114-48-50-116-51-49-115-47-15-43-91-83(106)73(96-86(110)118-55-71-67-20-8-6-18-65(67)66-19-7-9-21-68(66)71)39-40-77(100)89-45-44-87-72-25-12-23-70-69(72)22-13-26-76(70)119(111,112)113/h6-9,12-13,18-23,25-38,58,71,73-75,87H,3-5,10-11,14-17,24,39-57H2,1-2H3,(H,88,102)(H,89,100)(H,90,104)(H,91,106)(H,92,103)(H,93,107)(H,94,101)(H,95,105)(H,96,110)(H,108,109)(H,111,112,113)/t73-,74-,75-/m0/s1. The van der Waals surface area contributed by atoms with Gasteiger partial charge in [0.25, 0.3) is 21.9 Å². The van der Waals surface area contributed by atoms with Crippen LogP contribution in [-0.4, -0.2) is 208 Å². The number of carboxylic acids is 1. The molecular weight excluding hydrogens is 1550 g/mol. The molecule has 2 aliphatic carbocycles. The summed E-state index contributed by atoms with van der Waals surface area (Å²) >= 11 is 0. The summed E-state index contributed by atoms with van der Waals surface area (Å²) in [6, 6.07) is 42.6. The van der Waals surface area contributed by atoms with E-state index in [1.165, 1.54) is 12.1 Å². The Balaban J connectivity index is 0.583. The van der Waals surface area contributed by atoms with Crippen LogP contribution in [0.15, 0.2) is 173 Å². The number of carbonyl (C=O) groups is 10. The number of hydrogen-bond donors (Lipinski definition) is 12. The van der Waals surface area contributed by atoms with Gasteiger partial charge in [0, 0.05) is 112 Å². The summed E-state index contributed by atoms with van der Waals surface area (Å²) in [7, 11) is -0.569. The molecule has 33 heteroatoms. The van der Waals surface area contributed by atoms with E-state index in [0.717, 1.165) is 60.0 Å². The van der Waals surface area contributed by atoms with Crippen molar-refractivity contribution in [2.24, 2.45) is 16.1 Å². The molecule has 3 atom stereocenters. The van der Waals surface area contributed by atoms with Crippen LogP contribution in [0.5, 0.6) is 0 Å². The number of benzene rings is 7. The van der Waals surface area contributed by atoms with Gasteiger partial charge in [-0.15, -0.1) is 0 Å². The number of aliphatic carboxylic acids is 1. The van der Waals surface area contributed by atoms with Crippen molar-refractivity contribution < 1.29 is 89.7 Å². The number of unbranched alkanes of at least 4 members (excludes halogenated alkanes) is 1. The number of rotatable bonds is 50. The number of azo groups is 1. The molecule has 7 aromatic rings. The Labute approximate surface area is 691 Å². The van der Waals surface area contributed by atoms with E-state index >= 15 is 0 Å². The fourth-order valence-electron chi connectivity index (χ4n) is 13.7. The Kier molecular flexibility index (Phi) is 36.9. The Bertz CT molecular complexity index is 4640. The Hall–Kier alpha value is -11.8. The van der Waals surface area contributed by atoms with Gasteiger partial charge in [-0.1, -0.05) is 117 Å². The van der Waals surface area contributed by atoms with Gasteiger partial charge in [0.2, 0.25) is 35.4 Å². The highest BCUT2D eigenvalue weighted by Gasteiger charge is 2.32. The Morgan fingerprint density at radius 3 is 1.71 bits per heavy atom. The normalized spacial score (nSPS) is 13.3. The lowest BCUT2D eigenvalue weighted by Crippen LogP contribution is -2.51. The smallest absolute Gasteiger partial charge is 0.407 e. The SMILES string of the molecule is CN(C)c1ccc(N=Nc2ccc(C(=O)NCCCC[C@H](NC(=O)CNC(=O)[C@H](CC3CCCCC3)NC(=O)c3ccc(CNC(=O)COCC(=O)NCCCOCCOCCOCCCNC(=O)[C@H](CCC(=O)NCCNc4cccc5c(S(=O)(=O)O)cccc45)NC(=O)OCC4c5ccccc5-c5ccccc54)cc3)C(=O)O)cc2)cc1. The van der Waals surface area contributed by atoms with E-state index < -0.39 is 82.3 Å². The first-order valence-electron chi connectivity index (χ1n) is 40.1. The molecule has 636 valence electrons. The molecule has 7 aromatic carbocycles. The minimum Gasteiger partial charge on any atom is -0.480 e. The van der Waals surface area contributed by atoms with Crippen molar-refractivity contribution in [3.05, 3.63) is 186 Å². The quantitative estimate of drug-likeness (QED) is 0.00965. The van der Waals surface area contributed by atoms with Crippen LogP contribution in [0, 0.1) is 5.92 Å². The molecule has 0 aliphatic heterocycles. The predicted octanol–water partition coefficient (Wildman–Crippen LogP) is 8.53. The van der Waals surface area contributed by atoms with Crippen molar-refractivity contribution in [1.29, 1.82) is 0 Å². The first-order chi connectivity index (χ1) is 57.6. The topological polar surface area (TPSA) is 440 Å². The molecule has 0 saturated heterocycles. The van der Waals surface area contributed by atoms with Gasteiger partial charge in [-0.3, -0.25) is 42.9 Å². The van der Waals surface area contributed by atoms with E-state index in [0.29, 0.717) is 104 Å².